The summed E-state index contributed by atoms with van der Waals surface area (Å²) >= 11 is 0. The molecule has 2 fully saturated rings. The molecule has 2 aliphatic rings. The highest BCUT2D eigenvalue weighted by Crippen LogP contribution is 2.40. The monoisotopic (exact) mass is 345 g/mol. The Bertz CT molecular complexity index is 836. The Kier molecular flexibility index (Phi) is 4.25. The number of aromatic nitrogens is 2. The van der Waals surface area contributed by atoms with E-state index in [9.17, 15) is 0 Å². The molecule has 3 nitrogen and oxygen atoms in total. The Balaban J connectivity index is 1.23. The molecule has 0 radical (unpaired) electrons. The number of H-pyrrole nitrogens is 1. The Morgan fingerprint density at radius 1 is 0.962 bits per heavy atom. The zero-order valence-corrected chi connectivity index (χ0v) is 15.3. The summed E-state index contributed by atoms with van der Waals surface area (Å²) in [4.78, 5) is 11.0. The number of nitrogens with zero attached hydrogens (tertiary/aromatic N) is 2. The second kappa shape index (κ2) is 6.88. The van der Waals surface area contributed by atoms with Crippen molar-refractivity contribution in [2.75, 3.05) is 6.54 Å². The second-order valence-electron chi connectivity index (χ2n) is 8.16. The van der Waals surface area contributed by atoms with Gasteiger partial charge in [-0.3, -0.25) is 4.90 Å². The fourth-order valence-corrected chi connectivity index (χ4v) is 5.24. The molecule has 1 N–H and O–H groups in total. The van der Waals surface area contributed by atoms with E-state index in [1.807, 2.05) is 0 Å². The number of nitrogens with one attached hydrogen (secondary N) is 1. The minimum Gasteiger partial charge on any atom is -0.341 e. The van der Waals surface area contributed by atoms with Crippen molar-refractivity contribution in [2.24, 2.45) is 11.8 Å². The number of imidazole rings is 1. The first-order valence-corrected chi connectivity index (χ1v) is 10.1. The first-order valence-electron chi connectivity index (χ1n) is 10.1. The molecular weight excluding hydrogens is 318 g/mol. The Morgan fingerprint density at radius 3 is 2.69 bits per heavy atom. The molecule has 1 aliphatic heterocycles. The Morgan fingerprint density at radius 2 is 1.81 bits per heavy atom. The molecule has 1 saturated heterocycles. The SMILES string of the molecule is c1ccc(CC2CCC3C(CCN3Cc3nc4ccccc4[nH]3)C2)cc1. The molecule has 1 aliphatic carbocycles. The minimum atomic E-state index is 0.759. The highest BCUT2D eigenvalue weighted by atomic mass is 15.2. The lowest BCUT2D eigenvalue weighted by Gasteiger charge is -2.35. The van der Waals surface area contributed by atoms with Crippen LogP contribution >= 0.6 is 0 Å². The molecule has 3 atom stereocenters. The summed E-state index contributed by atoms with van der Waals surface area (Å²) < 4.78 is 0. The predicted molar refractivity (Wildman–Crippen MR) is 106 cm³/mol. The van der Waals surface area contributed by atoms with Gasteiger partial charge in [-0.25, -0.2) is 4.98 Å². The van der Waals surface area contributed by atoms with E-state index in [1.54, 1.807) is 0 Å². The van der Waals surface area contributed by atoms with Gasteiger partial charge in [0.15, 0.2) is 0 Å². The third-order valence-corrected chi connectivity index (χ3v) is 6.47. The number of fused-ring (bicyclic) bond motifs is 2. The van der Waals surface area contributed by atoms with Gasteiger partial charge in [0.25, 0.3) is 0 Å². The fourth-order valence-electron chi connectivity index (χ4n) is 5.24. The van der Waals surface area contributed by atoms with Crippen molar-refractivity contribution in [1.82, 2.24) is 14.9 Å². The van der Waals surface area contributed by atoms with Gasteiger partial charge < -0.3 is 4.98 Å². The van der Waals surface area contributed by atoms with Crippen LogP contribution in [0.15, 0.2) is 54.6 Å². The Labute approximate surface area is 155 Å². The van der Waals surface area contributed by atoms with E-state index >= 15 is 0 Å². The summed E-state index contributed by atoms with van der Waals surface area (Å²) in [7, 11) is 0. The third-order valence-electron chi connectivity index (χ3n) is 6.47. The van der Waals surface area contributed by atoms with Crippen molar-refractivity contribution < 1.29 is 0 Å². The number of para-hydroxylation sites is 2. The molecule has 3 aromatic rings. The number of aromatic amines is 1. The van der Waals surface area contributed by atoms with Gasteiger partial charge in [-0.2, -0.15) is 0 Å². The van der Waals surface area contributed by atoms with E-state index in [4.69, 9.17) is 4.98 Å². The van der Waals surface area contributed by atoms with Crippen molar-refractivity contribution >= 4 is 11.0 Å². The lowest BCUT2D eigenvalue weighted by atomic mass is 9.76. The zero-order valence-electron chi connectivity index (χ0n) is 15.3. The van der Waals surface area contributed by atoms with E-state index in [1.165, 1.54) is 44.2 Å². The molecule has 0 spiro atoms. The molecule has 2 heterocycles. The summed E-state index contributed by atoms with van der Waals surface area (Å²) in [5.41, 5.74) is 3.75. The van der Waals surface area contributed by atoms with E-state index in [2.05, 4.69) is 64.5 Å². The van der Waals surface area contributed by atoms with Crippen LogP contribution in [0, 0.1) is 11.8 Å². The smallest absolute Gasteiger partial charge is 0.121 e. The molecule has 3 heteroatoms. The van der Waals surface area contributed by atoms with Crippen LogP contribution in [0.25, 0.3) is 11.0 Å². The molecule has 1 aromatic heterocycles. The van der Waals surface area contributed by atoms with Crippen LogP contribution in [-0.4, -0.2) is 27.5 Å². The second-order valence-corrected chi connectivity index (χ2v) is 8.16. The third kappa shape index (κ3) is 3.16. The average Bonchev–Trinajstić information content (AvgIpc) is 3.26. The van der Waals surface area contributed by atoms with Crippen LogP contribution in [0.3, 0.4) is 0 Å². The number of likely N-dealkylation sites (tertiary alicyclic amines) is 1. The Hall–Kier alpha value is -2.13. The predicted octanol–water partition coefficient (Wildman–Crippen LogP) is 4.80. The molecule has 2 aromatic carbocycles. The van der Waals surface area contributed by atoms with Gasteiger partial charge in [-0.05, 0) is 68.2 Å². The maximum atomic E-state index is 4.79. The van der Waals surface area contributed by atoms with E-state index in [-0.39, 0.29) is 0 Å². The van der Waals surface area contributed by atoms with Gasteiger partial charge in [-0.15, -0.1) is 0 Å². The van der Waals surface area contributed by atoms with Crippen LogP contribution in [0.5, 0.6) is 0 Å². The molecule has 134 valence electrons. The number of benzene rings is 2. The van der Waals surface area contributed by atoms with Crippen molar-refractivity contribution in [3.8, 4) is 0 Å². The summed E-state index contributed by atoms with van der Waals surface area (Å²) in [5.74, 6) is 2.87. The normalized spacial score (nSPS) is 26.2. The van der Waals surface area contributed by atoms with E-state index in [0.29, 0.717) is 0 Å². The van der Waals surface area contributed by atoms with Gasteiger partial charge >= 0.3 is 0 Å². The molecule has 5 rings (SSSR count). The lowest BCUT2D eigenvalue weighted by molar-refractivity contribution is 0.144. The van der Waals surface area contributed by atoms with Gasteiger partial charge in [0.1, 0.15) is 5.82 Å². The first kappa shape index (κ1) is 16.1. The van der Waals surface area contributed by atoms with Crippen LogP contribution in [-0.2, 0) is 13.0 Å². The van der Waals surface area contributed by atoms with Crippen molar-refractivity contribution in [2.45, 2.75) is 44.7 Å². The van der Waals surface area contributed by atoms with Crippen LogP contribution < -0.4 is 0 Å². The molecule has 0 amide bonds. The molecule has 26 heavy (non-hydrogen) atoms. The highest BCUT2D eigenvalue weighted by molar-refractivity contribution is 5.74. The molecular formula is C23H27N3. The molecule has 3 unspecified atom stereocenters. The summed E-state index contributed by atoms with van der Waals surface area (Å²) in [6.45, 7) is 2.20. The highest BCUT2D eigenvalue weighted by Gasteiger charge is 2.38. The largest absolute Gasteiger partial charge is 0.341 e. The fraction of sp³-hybridized carbons (Fsp3) is 0.435. The number of rotatable bonds is 4. The van der Waals surface area contributed by atoms with E-state index < -0.39 is 0 Å². The van der Waals surface area contributed by atoms with Gasteiger partial charge in [0, 0.05) is 6.04 Å². The maximum absolute atomic E-state index is 4.79. The van der Waals surface area contributed by atoms with Crippen LogP contribution in [0.2, 0.25) is 0 Å². The maximum Gasteiger partial charge on any atom is 0.121 e. The van der Waals surface area contributed by atoms with Crippen molar-refractivity contribution in [1.29, 1.82) is 0 Å². The summed E-state index contributed by atoms with van der Waals surface area (Å²) in [6, 6.07) is 20.1. The lowest BCUT2D eigenvalue weighted by Crippen LogP contribution is -2.37. The summed E-state index contributed by atoms with van der Waals surface area (Å²) in [5, 5.41) is 0. The van der Waals surface area contributed by atoms with Crippen LogP contribution in [0.1, 0.15) is 37.1 Å². The van der Waals surface area contributed by atoms with Gasteiger partial charge in [-0.1, -0.05) is 42.5 Å². The molecule has 0 bridgehead atoms. The zero-order chi connectivity index (χ0) is 17.3. The van der Waals surface area contributed by atoms with Gasteiger partial charge in [0.2, 0.25) is 0 Å². The number of hydrogen-bond donors (Lipinski definition) is 1. The number of hydrogen-bond acceptors (Lipinski definition) is 2. The van der Waals surface area contributed by atoms with E-state index in [0.717, 1.165) is 41.3 Å². The van der Waals surface area contributed by atoms with Gasteiger partial charge in [0.05, 0.1) is 17.6 Å². The summed E-state index contributed by atoms with van der Waals surface area (Å²) in [6.07, 6.45) is 6.73. The average molecular weight is 345 g/mol. The first-order chi connectivity index (χ1) is 12.8. The quantitative estimate of drug-likeness (QED) is 0.737. The minimum absolute atomic E-state index is 0.759. The van der Waals surface area contributed by atoms with Crippen molar-refractivity contribution in [3.63, 3.8) is 0 Å². The standard InChI is InChI=1S/C23H27N3/c1-2-6-17(7-3-1)14-18-10-11-22-19(15-18)12-13-26(22)16-23-24-20-8-4-5-9-21(20)25-23/h1-9,18-19,22H,10-16H2,(H,24,25). The van der Waals surface area contributed by atoms with Crippen molar-refractivity contribution in [3.05, 3.63) is 66.0 Å². The van der Waals surface area contributed by atoms with Crippen LogP contribution in [0.4, 0.5) is 0 Å². The molecule has 1 saturated carbocycles. The topological polar surface area (TPSA) is 31.9 Å².